The average molecular weight is 427 g/mol. The van der Waals surface area contributed by atoms with Crippen LogP contribution in [0.25, 0.3) is 22.2 Å². The van der Waals surface area contributed by atoms with Crippen molar-refractivity contribution in [2.75, 3.05) is 10.6 Å². The van der Waals surface area contributed by atoms with Crippen LogP contribution in [0.2, 0.25) is 0 Å². The van der Waals surface area contributed by atoms with Gasteiger partial charge in [-0.3, -0.25) is 9.48 Å². The minimum atomic E-state index is -0.279. The number of amides is 1. The van der Waals surface area contributed by atoms with Crippen molar-refractivity contribution in [1.82, 2.24) is 34.5 Å². The Morgan fingerprint density at radius 2 is 1.78 bits per heavy atom. The van der Waals surface area contributed by atoms with Crippen LogP contribution in [0, 0.1) is 0 Å². The van der Waals surface area contributed by atoms with E-state index in [4.69, 9.17) is 0 Å². The highest BCUT2D eigenvalue weighted by Crippen LogP contribution is 2.22. The van der Waals surface area contributed by atoms with Gasteiger partial charge in [0.1, 0.15) is 17.0 Å². The number of carbonyl (C=O) groups excluding carboxylic acids is 1. The van der Waals surface area contributed by atoms with Gasteiger partial charge in [-0.1, -0.05) is 12.1 Å². The zero-order valence-electron chi connectivity index (χ0n) is 17.8. The Morgan fingerprint density at radius 1 is 0.969 bits per heavy atom. The molecule has 1 atom stereocenters. The quantitative estimate of drug-likeness (QED) is 0.443. The number of benzene rings is 1. The fourth-order valence-electron chi connectivity index (χ4n) is 3.52. The van der Waals surface area contributed by atoms with Crippen molar-refractivity contribution < 1.29 is 4.79 Å². The normalized spacial score (nSPS) is 12.2. The molecule has 32 heavy (non-hydrogen) atoms. The van der Waals surface area contributed by atoms with E-state index in [1.807, 2.05) is 44.3 Å². The highest BCUT2D eigenvalue weighted by Gasteiger charge is 2.13. The van der Waals surface area contributed by atoms with Gasteiger partial charge >= 0.3 is 0 Å². The number of rotatable bonds is 5. The summed E-state index contributed by atoms with van der Waals surface area (Å²) in [5, 5.41) is 15.5. The van der Waals surface area contributed by atoms with E-state index in [1.54, 1.807) is 41.1 Å². The Morgan fingerprint density at radius 3 is 2.66 bits per heavy atom. The largest absolute Gasteiger partial charge is 0.362 e. The number of pyridine rings is 1. The van der Waals surface area contributed by atoms with Crippen molar-refractivity contribution in [3.63, 3.8) is 0 Å². The summed E-state index contributed by atoms with van der Waals surface area (Å²) in [5.74, 6) is 0.370. The van der Waals surface area contributed by atoms with Crippen LogP contribution in [0.3, 0.4) is 0 Å². The second-order valence-electron chi connectivity index (χ2n) is 7.56. The number of anilines is 2. The van der Waals surface area contributed by atoms with Gasteiger partial charge in [-0.25, -0.2) is 19.6 Å². The fourth-order valence-corrected chi connectivity index (χ4v) is 3.52. The molecule has 1 aromatic carbocycles. The molecule has 10 nitrogen and oxygen atoms in total. The fraction of sp³-hybridized carbons (Fsp3) is 0.182. The number of nitrogens with zero attached hydrogens (tertiary/aromatic N) is 7. The van der Waals surface area contributed by atoms with Gasteiger partial charge in [0.25, 0.3) is 5.91 Å². The van der Waals surface area contributed by atoms with E-state index in [0.29, 0.717) is 28.5 Å². The van der Waals surface area contributed by atoms with E-state index in [1.165, 1.54) is 0 Å². The van der Waals surface area contributed by atoms with Crippen LogP contribution in [0.5, 0.6) is 0 Å². The number of aromatic nitrogens is 7. The highest BCUT2D eigenvalue weighted by molar-refractivity contribution is 6.03. The lowest BCUT2D eigenvalue weighted by Crippen LogP contribution is -2.15. The minimum absolute atomic E-state index is 0.0595. The summed E-state index contributed by atoms with van der Waals surface area (Å²) in [6.07, 6.45) is 5.09. The molecule has 0 unspecified atom stereocenters. The first-order chi connectivity index (χ1) is 15.5. The second-order valence-corrected chi connectivity index (χ2v) is 7.56. The van der Waals surface area contributed by atoms with Gasteiger partial charge in [-0.15, -0.1) is 0 Å². The Bertz CT molecular complexity index is 1450. The summed E-state index contributed by atoms with van der Waals surface area (Å²) in [4.78, 5) is 26.1. The first-order valence-corrected chi connectivity index (χ1v) is 10.1. The monoisotopic (exact) mass is 427 g/mol. The summed E-state index contributed by atoms with van der Waals surface area (Å²) in [7, 11) is 3.63. The topological polar surface area (TPSA) is 115 Å². The molecule has 5 aromatic rings. The molecule has 0 saturated heterocycles. The summed E-state index contributed by atoms with van der Waals surface area (Å²) in [5.41, 5.74) is 4.12. The molecular weight excluding hydrogens is 406 g/mol. The molecule has 0 bridgehead atoms. The molecule has 5 rings (SSSR count). The molecule has 0 aliphatic heterocycles. The first kappa shape index (κ1) is 19.6. The summed E-state index contributed by atoms with van der Waals surface area (Å²) in [6.45, 7) is 2.02. The van der Waals surface area contributed by atoms with Crippen LogP contribution >= 0.6 is 0 Å². The van der Waals surface area contributed by atoms with Gasteiger partial charge < -0.3 is 10.6 Å². The third kappa shape index (κ3) is 3.62. The van der Waals surface area contributed by atoms with Crippen molar-refractivity contribution in [2.24, 2.45) is 14.1 Å². The molecule has 160 valence electrons. The first-order valence-electron chi connectivity index (χ1n) is 10.1. The molecule has 0 fully saturated rings. The standard InChI is InChI=1S/C22H21N9O/c1-13(26-19-12-23-18-11-25-31(3)21(18)29-19)14-5-4-6-16(9-14)27-22(32)17-8-7-15-10-24-30(2)20(15)28-17/h4-13H,1-3H3,(H,26,29)(H,27,32)/t13-/m0/s1. The van der Waals surface area contributed by atoms with E-state index in [2.05, 4.69) is 35.8 Å². The SMILES string of the molecule is C[C@H](Nc1cnc2cnn(C)c2n1)c1cccc(NC(=O)c2ccc3cnn(C)c3n2)c1. The van der Waals surface area contributed by atoms with E-state index in [-0.39, 0.29) is 11.9 Å². The Labute approximate surface area is 183 Å². The Kier molecular flexibility index (Phi) is 4.74. The van der Waals surface area contributed by atoms with E-state index >= 15 is 0 Å². The lowest BCUT2D eigenvalue weighted by Gasteiger charge is -2.16. The van der Waals surface area contributed by atoms with E-state index in [9.17, 15) is 4.79 Å². The van der Waals surface area contributed by atoms with E-state index < -0.39 is 0 Å². The molecule has 10 heteroatoms. The van der Waals surface area contributed by atoms with Crippen molar-refractivity contribution >= 4 is 39.6 Å². The molecule has 0 spiro atoms. The van der Waals surface area contributed by atoms with Crippen molar-refractivity contribution in [2.45, 2.75) is 13.0 Å². The van der Waals surface area contributed by atoms with Gasteiger partial charge in [-0.2, -0.15) is 10.2 Å². The molecule has 0 aliphatic rings. The lowest BCUT2D eigenvalue weighted by molar-refractivity contribution is 0.102. The molecule has 0 radical (unpaired) electrons. The molecular formula is C22H21N9O. The summed E-state index contributed by atoms with van der Waals surface area (Å²) < 4.78 is 3.33. The molecule has 1 amide bonds. The molecule has 2 N–H and O–H groups in total. The number of aryl methyl sites for hydroxylation is 2. The number of nitrogens with one attached hydrogen (secondary N) is 2. The van der Waals surface area contributed by atoms with Gasteiger partial charge in [0.2, 0.25) is 0 Å². The molecule has 0 aliphatic carbocycles. The highest BCUT2D eigenvalue weighted by atomic mass is 16.1. The summed E-state index contributed by atoms with van der Waals surface area (Å²) in [6, 6.07) is 11.1. The van der Waals surface area contributed by atoms with Gasteiger partial charge in [0.15, 0.2) is 11.3 Å². The number of hydrogen-bond donors (Lipinski definition) is 2. The van der Waals surface area contributed by atoms with Crippen molar-refractivity contribution in [3.8, 4) is 0 Å². The predicted molar refractivity (Wildman–Crippen MR) is 121 cm³/mol. The second kappa shape index (κ2) is 7.73. The third-order valence-corrected chi connectivity index (χ3v) is 5.26. The van der Waals surface area contributed by atoms with Crippen LogP contribution in [0.4, 0.5) is 11.5 Å². The van der Waals surface area contributed by atoms with Crippen LogP contribution in [0.1, 0.15) is 29.0 Å². The maximum absolute atomic E-state index is 12.7. The van der Waals surface area contributed by atoms with Crippen molar-refractivity contribution in [3.05, 3.63) is 66.2 Å². The van der Waals surface area contributed by atoms with Crippen LogP contribution < -0.4 is 10.6 Å². The van der Waals surface area contributed by atoms with Gasteiger partial charge in [0.05, 0.1) is 24.6 Å². The third-order valence-electron chi connectivity index (χ3n) is 5.26. The van der Waals surface area contributed by atoms with Gasteiger partial charge in [0, 0.05) is 25.2 Å². The number of fused-ring (bicyclic) bond motifs is 2. The van der Waals surface area contributed by atoms with E-state index in [0.717, 1.165) is 16.5 Å². The van der Waals surface area contributed by atoms with Gasteiger partial charge in [-0.05, 0) is 36.8 Å². The smallest absolute Gasteiger partial charge is 0.274 e. The maximum Gasteiger partial charge on any atom is 0.274 e. The van der Waals surface area contributed by atoms with Crippen LogP contribution in [-0.4, -0.2) is 40.4 Å². The average Bonchev–Trinajstić information content (AvgIpc) is 3.36. The van der Waals surface area contributed by atoms with Crippen molar-refractivity contribution in [1.29, 1.82) is 0 Å². The minimum Gasteiger partial charge on any atom is -0.362 e. The zero-order valence-corrected chi connectivity index (χ0v) is 17.8. The lowest BCUT2D eigenvalue weighted by atomic mass is 10.1. The predicted octanol–water partition coefficient (Wildman–Crippen LogP) is 3.07. The Balaban J connectivity index is 1.33. The van der Waals surface area contributed by atoms with Crippen LogP contribution in [0.15, 0.2) is 55.0 Å². The number of hydrogen-bond acceptors (Lipinski definition) is 7. The molecule has 4 aromatic heterocycles. The molecule has 4 heterocycles. The summed E-state index contributed by atoms with van der Waals surface area (Å²) >= 11 is 0. The van der Waals surface area contributed by atoms with Crippen LogP contribution in [-0.2, 0) is 14.1 Å². The Hall–Kier alpha value is -4.34. The molecule has 0 saturated carbocycles. The maximum atomic E-state index is 12.7. The number of carbonyl (C=O) groups is 1. The zero-order chi connectivity index (χ0) is 22.2.